The number of nitrogens with zero attached hydrogens (tertiary/aromatic N) is 5. The van der Waals surface area contributed by atoms with Crippen LogP contribution in [0.15, 0.2) is 103 Å². The molecule has 0 radical (unpaired) electrons. The van der Waals surface area contributed by atoms with Gasteiger partial charge >= 0.3 is 0 Å². The molecule has 1 aliphatic rings. The lowest BCUT2D eigenvalue weighted by molar-refractivity contribution is 0.621. The molecule has 4 aromatic carbocycles. The summed E-state index contributed by atoms with van der Waals surface area (Å²) in [5.74, 6) is 3.05. The second-order valence-electron chi connectivity index (χ2n) is 9.65. The normalized spacial score (nSPS) is 13.5. The minimum atomic E-state index is -0.248. The van der Waals surface area contributed by atoms with E-state index in [0.717, 1.165) is 39.2 Å². The number of benzene rings is 4. The van der Waals surface area contributed by atoms with E-state index in [1.54, 1.807) is 0 Å². The monoisotopic (exact) mass is 465 g/mol. The SMILES string of the molecule is CC1(C)c2cc(-c3nc(-c4ccccc4)nc(-c4ccccc4)n3)ccc2-n2c1nc1ccccc12. The Balaban J connectivity index is 1.42. The van der Waals surface area contributed by atoms with Crippen LogP contribution in [0.25, 0.3) is 50.9 Å². The first-order valence-corrected chi connectivity index (χ1v) is 12.1. The summed E-state index contributed by atoms with van der Waals surface area (Å²) in [6, 6.07) is 35.0. The van der Waals surface area contributed by atoms with Crippen molar-refractivity contribution in [3.05, 3.63) is 115 Å². The van der Waals surface area contributed by atoms with Gasteiger partial charge in [0.25, 0.3) is 0 Å². The van der Waals surface area contributed by atoms with Crippen molar-refractivity contribution in [2.24, 2.45) is 0 Å². The summed E-state index contributed by atoms with van der Waals surface area (Å²) in [6.45, 7) is 4.47. The highest BCUT2D eigenvalue weighted by Gasteiger charge is 2.39. The van der Waals surface area contributed by atoms with Crippen LogP contribution in [0.2, 0.25) is 0 Å². The van der Waals surface area contributed by atoms with E-state index < -0.39 is 0 Å². The molecule has 0 saturated carbocycles. The molecule has 1 aliphatic heterocycles. The van der Waals surface area contributed by atoms with Crippen LogP contribution in [0.3, 0.4) is 0 Å². The third-order valence-corrected chi connectivity index (χ3v) is 6.99. The fourth-order valence-electron chi connectivity index (χ4n) is 5.12. The van der Waals surface area contributed by atoms with Crippen LogP contribution in [-0.2, 0) is 5.41 Å². The van der Waals surface area contributed by atoms with Crippen molar-refractivity contribution in [3.8, 4) is 39.9 Å². The number of rotatable bonds is 3. The van der Waals surface area contributed by atoms with E-state index in [1.807, 2.05) is 66.7 Å². The Morgan fingerprint density at radius 2 is 1.11 bits per heavy atom. The average Bonchev–Trinajstić information content (AvgIpc) is 3.43. The minimum absolute atomic E-state index is 0.248. The fraction of sp³-hybridized carbons (Fsp3) is 0.0968. The van der Waals surface area contributed by atoms with Gasteiger partial charge in [0.15, 0.2) is 17.5 Å². The quantitative estimate of drug-likeness (QED) is 0.287. The van der Waals surface area contributed by atoms with E-state index in [0.29, 0.717) is 17.5 Å². The molecule has 0 spiro atoms. The van der Waals surface area contributed by atoms with Crippen molar-refractivity contribution in [2.45, 2.75) is 19.3 Å². The van der Waals surface area contributed by atoms with Gasteiger partial charge in [0.2, 0.25) is 0 Å². The number of fused-ring (bicyclic) bond motifs is 5. The van der Waals surface area contributed by atoms with Gasteiger partial charge in [-0.2, -0.15) is 0 Å². The summed E-state index contributed by atoms with van der Waals surface area (Å²) in [5, 5.41) is 0. The highest BCUT2D eigenvalue weighted by atomic mass is 15.1. The number of para-hydroxylation sites is 2. The van der Waals surface area contributed by atoms with E-state index in [-0.39, 0.29) is 5.41 Å². The van der Waals surface area contributed by atoms with Crippen LogP contribution in [0.5, 0.6) is 0 Å². The summed E-state index contributed by atoms with van der Waals surface area (Å²) >= 11 is 0. The number of aromatic nitrogens is 5. The van der Waals surface area contributed by atoms with E-state index >= 15 is 0 Å². The fourth-order valence-corrected chi connectivity index (χ4v) is 5.12. The Morgan fingerprint density at radius 3 is 1.75 bits per heavy atom. The molecule has 172 valence electrons. The second kappa shape index (κ2) is 7.68. The predicted octanol–water partition coefficient (Wildman–Crippen LogP) is 6.85. The van der Waals surface area contributed by atoms with E-state index in [4.69, 9.17) is 19.9 Å². The van der Waals surface area contributed by atoms with Gasteiger partial charge in [-0.25, -0.2) is 19.9 Å². The van der Waals surface area contributed by atoms with Crippen molar-refractivity contribution in [1.29, 1.82) is 0 Å². The molecule has 6 aromatic rings. The standard InChI is InChI=1S/C31H23N5/c1-31(2)23-19-22(17-18-25(23)36-26-16-10-9-15-24(26)32-30(31)36)29-34-27(20-11-5-3-6-12-20)33-28(35-29)21-13-7-4-8-14-21/h3-19H,1-2H3. The molecule has 0 amide bonds. The molecular formula is C31H23N5. The van der Waals surface area contributed by atoms with Crippen LogP contribution < -0.4 is 0 Å². The molecule has 7 rings (SSSR count). The second-order valence-corrected chi connectivity index (χ2v) is 9.65. The largest absolute Gasteiger partial charge is 0.295 e. The third kappa shape index (κ3) is 3.09. The Morgan fingerprint density at radius 1 is 0.556 bits per heavy atom. The Hall–Kier alpha value is -4.64. The van der Waals surface area contributed by atoms with Gasteiger partial charge in [0.05, 0.1) is 22.1 Å². The van der Waals surface area contributed by atoms with Crippen molar-refractivity contribution < 1.29 is 0 Å². The number of hydrogen-bond donors (Lipinski definition) is 0. The lowest BCUT2D eigenvalue weighted by Crippen LogP contribution is -2.16. The summed E-state index contributed by atoms with van der Waals surface area (Å²) < 4.78 is 2.28. The van der Waals surface area contributed by atoms with E-state index in [2.05, 4.69) is 54.8 Å². The van der Waals surface area contributed by atoms with Crippen LogP contribution in [0, 0.1) is 0 Å². The van der Waals surface area contributed by atoms with Crippen LogP contribution in [0.4, 0.5) is 0 Å². The van der Waals surface area contributed by atoms with Crippen LogP contribution in [0.1, 0.15) is 25.2 Å². The summed E-state index contributed by atoms with van der Waals surface area (Å²) in [4.78, 5) is 19.6. The first kappa shape index (κ1) is 20.7. The summed E-state index contributed by atoms with van der Waals surface area (Å²) in [6.07, 6.45) is 0. The summed E-state index contributed by atoms with van der Waals surface area (Å²) in [7, 11) is 0. The van der Waals surface area contributed by atoms with Gasteiger partial charge in [-0.05, 0) is 49.7 Å². The Bertz CT molecular complexity index is 1690. The number of hydrogen-bond acceptors (Lipinski definition) is 4. The molecule has 2 aromatic heterocycles. The van der Waals surface area contributed by atoms with Crippen LogP contribution in [-0.4, -0.2) is 24.5 Å². The highest BCUT2D eigenvalue weighted by Crippen LogP contribution is 2.45. The average molecular weight is 466 g/mol. The summed E-state index contributed by atoms with van der Waals surface area (Å²) in [5.41, 5.74) is 7.18. The maximum atomic E-state index is 4.99. The van der Waals surface area contributed by atoms with Crippen molar-refractivity contribution in [3.63, 3.8) is 0 Å². The molecule has 0 N–H and O–H groups in total. The molecule has 0 atom stereocenters. The zero-order valence-corrected chi connectivity index (χ0v) is 20.1. The van der Waals surface area contributed by atoms with Crippen molar-refractivity contribution in [2.75, 3.05) is 0 Å². The molecule has 3 heterocycles. The molecule has 0 unspecified atom stereocenters. The molecule has 0 fully saturated rings. The predicted molar refractivity (Wildman–Crippen MR) is 143 cm³/mol. The molecular weight excluding hydrogens is 442 g/mol. The van der Waals surface area contributed by atoms with Gasteiger partial charge in [0.1, 0.15) is 5.82 Å². The van der Waals surface area contributed by atoms with Gasteiger partial charge in [-0.3, -0.25) is 4.57 Å². The van der Waals surface area contributed by atoms with Crippen LogP contribution >= 0.6 is 0 Å². The molecule has 0 bridgehead atoms. The van der Waals surface area contributed by atoms with Gasteiger partial charge in [-0.1, -0.05) is 72.8 Å². The van der Waals surface area contributed by atoms with Gasteiger partial charge in [-0.15, -0.1) is 0 Å². The lowest BCUT2D eigenvalue weighted by Gasteiger charge is -2.18. The van der Waals surface area contributed by atoms with E-state index in [1.165, 1.54) is 5.56 Å². The zero-order chi connectivity index (χ0) is 24.3. The molecule has 5 nitrogen and oxygen atoms in total. The first-order valence-electron chi connectivity index (χ1n) is 12.1. The topological polar surface area (TPSA) is 56.5 Å². The molecule has 36 heavy (non-hydrogen) atoms. The molecule has 0 aliphatic carbocycles. The maximum Gasteiger partial charge on any atom is 0.164 e. The lowest BCUT2D eigenvalue weighted by atomic mass is 9.84. The zero-order valence-electron chi connectivity index (χ0n) is 20.1. The number of imidazole rings is 1. The first-order chi connectivity index (χ1) is 17.6. The highest BCUT2D eigenvalue weighted by molar-refractivity contribution is 5.82. The molecule has 5 heteroatoms. The Labute approximate surface area is 209 Å². The van der Waals surface area contributed by atoms with Crippen molar-refractivity contribution >= 4 is 11.0 Å². The Kier molecular flexibility index (Phi) is 4.42. The third-order valence-electron chi connectivity index (χ3n) is 6.99. The molecule has 0 saturated heterocycles. The van der Waals surface area contributed by atoms with Gasteiger partial charge in [0, 0.05) is 16.7 Å². The van der Waals surface area contributed by atoms with Gasteiger partial charge < -0.3 is 0 Å². The van der Waals surface area contributed by atoms with E-state index in [9.17, 15) is 0 Å². The smallest absolute Gasteiger partial charge is 0.164 e. The minimum Gasteiger partial charge on any atom is -0.295 e. The maximum absolute atomic E-state index is 4.99. The van der Waals surface area contributed by atoms with Crippen molar-refractivity contribution in [1.82, 2.24) is 24.5 Å².